The zero-order valence-electron chi connectivity index (χ0n) is 7.07. The fraction of sp³-hybridized carbons (Fsp3) is 0.700. The van der Waals surface area contributed by atoms with Crippen LogP contribution in [0, 0.1) is 17.8 Å². The summed E-state index contributed by atoms with van der Waals surface area (Å²) in [5, 5.41) is 8.85. The molecule has 1 N–H and O–H groups in total. The predicted molar refractivity (Wildman–Crippen MR) is 45.7 cm³/mol. The lowest BCUT2D eigenvalue weighted by Gasteiger charge is -1.98. The number of carboxylic acid groups (broad SMARTS) is 1. The molecule has 0 amide bonds. The fourth-order valence-corrected chi connectivity index (χ4v) is 2.41. The molecule has 2 aliphatic carbocycles. The molecule has 3 atom stereocenters. The SMILES string of the molecule is O=C(O)[C@@H]1[C@@H]2CC/C=C/CC[C@@H]21. The van der Waals surface area contributed by atoms with Crippen LogP contribution in [-0.2, 0) is 4.79 Å². The Bertz CT molecular complexity index is 204. The van der Waals surface area contributed by atoms with E-state index in [0.717, 1.165) is 25.7 Å². The molecule has 2 nitrogen and oxygen atoms in total. The van der Waals surface area contributed by atoms with E-state index in [-0.39, 0.29) is 5.92 Å². The van der Waals surface area contributed by atoms with Crippen molar-refractivity contribution in [1.29, 1.82) is 0 Å². The van der Waals surface area contributed by atoms with E-state index < -0.39 is 5.97 Å². The van der Waals surface area contributed by atoms with E-state index in [9.17, 15) is 4.79 Å². The number of allylic oxidation sites excluding steroid dienone is 2. The molecule has 1 saturated carbocycles. The second-order valence-electron chi connectivity index (χ2n) is 3.82. The monoisotopic (exact) mass is 166 g/mol. The van der Waals surface area contributed by atoms with Crippen molar-refractivity contribution in [3.63, 3.8) is 0 Å². The van der Waals surface area contributed by atoms with Gasteiger partial charge in [-0.1, -0.05) is 12.2 Å². The van der Waals surface area contributed by atoms with Crippen LogP contribution < -0.4 is 0 Å². The summed E-state index contributed by atoms with van der Waals surface area (Å²) in [6.45, 7) is 0. The summed E-state index contributed by atoms with van der Waals surface area (Å²) in [7, 11) is 0. The second-order valence-corrected chi connectivity index (χ2v) is 3.82. The summed E-state index contributed by atoms with van der Waals surface area (Å²) in [6, 6.07) is 0. The molecule has 0 aromatic heterocycles. The molecule has 0 bridgehead atoms. The van der Waals surface area contributed by atoms with Crippen LogP contribution in [0.25, 0.3) is 0 Å². The van der Waals surface area contributed by atoms with Gasteiger partial charge < -0.3 is 5.11 Å². The van der Waals surface area contributed by atoms with Crippen molar-refractivity contribution in [1.82, 2.24) is 0 Å². The van der Waals surface area contributed by atoms with Gasteiger partial charge >= 0.3 is 5.97 Å². The first-order valence-electron chi connectivity index (χ1n) is 4.68. The average Bonchev–Trinajstić information content (AvgIpc) is 2.60. The third kappa shape index (κ3) is 1.26. The number of rotatable bonds is 1. The molecule has 0 heterocycles. The normalized spacial score (nSPS) is 42.2. The summed E-state index contributed by atoms with van der Waals surface area (Å²) < 4.78 is 0. The molecule has 1 fully saturated rings. The number of carboxylic acids is 1. The molecular formula is C10H14O2. The average molecular weight is 166 g/mol. The van der Waals surface area contributed by atoms with Crippen LogP contribution in [0.1, 0.15) is 25.7 Å². The third-order valence-electron chi connectivity index (χ3n) is 3.12. The Labute approximate surface area is 72.3 Å². The highest BCUT2D eigenvalue weighted by Crippen LogP contribution is 2.52. The summed E-state index contributed by atoms with van der Waals surface area (Å²) in [5.41, 5.74) is 0. The van der Waals surface area contributed by atoms with Crippen molar-refractivity contribution >= 4 is 5.97 Å². The predicted octanol–water partition coefficient (Wildman–Crippen LogP) is 2.06. The van der Waals surface area contributed by atoms with Crippen molar-refractivity contribution in [2.75, 3.05) is 0 Å². The molecule has 0 radical (unpaired) electrons. The molecule has 0 unspecified atom stereocenters. The standard InChI is InChI=1S/C10H14O2/c11-10(12)9-7-5-3-1-2-4-6-8(7)9/h1-2,7-9H,3-6H2,(H,11,12)/b2-1+/t7-,8+,9-. The first kappa shape index (κ1) is 7.84. The smallest absolute Gasteiger partial charge is 0.307 e. The van der Waals surface area contributed by atoms with Crippen LogP contribution in [0.4, 0.5) is 0 Å². The lowest BCUT2D eigenvalue weighted by molar-refractivity contribution is -0.139. The fourth-order valence-electron chi connectivity index (χ4n) is 2.41. The molecule has 2 rings (SSSR count). The minimum Gasteiger partial charge on any atom is -0.481 e. The molecule has 0 aliphatic heterocycles. The van der Waals surface area contributed by atoms with Gasteiger partial charge in [0.2, 0.25) is 0 Å². The van der Waals surface area contributed by atoms with Crippen LogP contribution in [-0.4, -0.2) is 11.1 Å². The Balaban J connectivity index is 1.98. The van der Waals surface area contributed by atoms with E-state index in [1.807, 2.05) is 0 Å². The first-order valence-corrected chi connectivity index (χ1v) is 4.68. The van der Waals surface area contributed by atoms with E-state index >= 15 is 0 Å². The molecule has 0 aromatic carbocycles. The van der Waals surface area contributed by atoms with Crippen molar-refractivity contribution in [2.45, 2.75) is 25.7 Å². The van der Waals surface area contributed by atoms with Crippen LogP contribution in [0.15, 0.2) is 12.2 Å². The van der Waals surface area contributed by atoms with Gasteiger partial charge in [-0.25, -0.2) is 0 Å². The third-order valence-corrected chi connectivity index (χ3v) is 3.12. The number of aliphatic carboxylic acids is 1. The highest BCUT2D eigenvalue weighted by atomic mass is 16.4. The molecular weight excluding hydrogens is 152 g/mol. The molecule has 0 saturated heterocycles. The summed E-state index contributed by atoms with van der Waals surface area (Å²) in [5.74, 6) is 0.400. The van der Waals surface area contributed by atoms with Crippen molar-refractivity contribution in [3.8, 4) is 0 Å². The lowest BCUT2D eigenvalue weighted by atomic mass is 10.1. The maximum absolute atomic E-state index is 10.7. The van der Waals surface area contributed by atoms with Gasteiger partial charge in [-0.3, -0.25) is 4.79 Å². The van der Waals surface area contributed by atoms with Crippen molar-refractivity contribution in [2.24, 2.45) is 17.8 Å². The summed E-state index contributed by atoms with van der Waals surface area (Å²) in [4.78, 5) is 10.7. The van der Waals surface area contributed by atoms with Gasteiger partial charge in [-0.2, -0.15) is 0 Å². The minimum atomic E-state index is -0.577. The van der Waals surface area contributed by atoms with Crippen molar-refractivity contribution < 1.29 is 9.90 Å². The van der Waals surface area contributed by atoms with Gasteiger partial charge in [0, 0.05) is 0 Å². The van der Waals surface area contributed by atoms with Gasteiger partial charge in [-0.05, 0) is 37.5 Å². The van der Waals surface area contributed by atoms with Gasteiger partial charge in [0.1, 0.15) is 0 Å². The molecule has 0 aromatic rings. The summed E-state index contributed by atoms with van der Waals surface area (Å²) in [6.07, 6.45) is 8.69. The van der Waals surface area contributed by atoms with E-state index in [4.69, 9.17) is 5.11 Å². The highest BCUT2D eigenvalue weighted by molar-refractivity contribution is 5.74. The van der Waals surface area contributed by atoms with Gasteiger partial charge in [0.25, 0.3) is 0 Å². The van der Waals surface area contributed by atoms with Gasteiger partial charge in [0.05, 0.1) is 5.92 Å². The number of fused-ring (bicyclic) bond motifs is 1. The Kier molecular flexibility index (Phi) is 1.91. The zero-order valence-corrected chi connectivity index (χ0v) is 7.07. The van der Waals surface area contributed by atoms with E-state index in [1.165, 1.54) is 0 Å². The quantitative estimate of drug-likeness (QED) is 0.605. The van der Waals surface area contributed by atoms with Gasteiger partial charge in [-0.15, -0.1) is 0 Å². The molecule has 0 spiro atoms. The molecule has 2 aliphatic rings. The highest BCUT2D eigenvalue weighted by Gasteiger charge is 2.53. The zero-order chi connectivity index (χ0) is 8.55. The largest absolute Gasteiger partial charge is 0.481 e. The Morgan fingerprint density at radius 3 is 2.08 bits per heavy atom. The van der Waals surface area contributed by atoms with E-state index in [2.05, 4.69) is 12.2 Å². The second kappa shape index (κ2) is 2.92. The number of carbonyl (C=O) groups is 1. The Morgan fingerprint density at radius 2 is 1.67 bits per heavy atom. The maximum atomic E-state index is 10.7. The van der Waals surface area contributed by atoms with Crippen LogP contribution in [0.2, 0.25) is 0 Å². The van der Waals surface area contributed by atoms with Crippen molar-refractivity contribution in [3.05, 3.63) is 12.2 Å². The van der Waals surface area contributed by atoms with Crippen LogP contribution in [0.3, 0.4) is 0 Å². The molecule has 66 valence electrons. The van der Waals surface area contributed by atoms with E-state index in [1.54, 1.807) is 0 Å². The van der Waals surface area contributed by atoms with Gasteiger partial charge in [0.15, 0.2) is 0 Å². The van der Waals surface area contributed by atoms with E-state index in [0.29, 0.717) is 11.8 Å². The number of hydrogen-bond donors (Lipinski definition) is 1. The minimum absolute atomic E-state index is 0.00935. The van der Waals surface area contributed by atoms with Crippen LogP contribution >= 0.6 is 0 Å². The molecule has 2 heteroatoms. The topological polar surface area (TPSA) is 37.3 Å². The summed E-state index contributed by atoms with van der Waals surface area (Å²) >= 11 is 0. The Morgan fingerprint density at radius 1 is 1.17 bits per heavy atom. The first-order chi connectivity index (χ1) is 5.80. The maximum Gasteiger partial charge on any atom is 0.307 e. The Hall–Kier alpha value is -0.790. The van der Waals surface area contributed by atoms with Crippen LogP contribution in [0.5, 0.6) is 0 Å². The number of hydrogen-bond acceptors (Lipinski definition) is 1. The lowest BCUT2D eigenvalue weighted by Crippen LogP contribution is -2.00. The molecule has 12 heavy (non-hydrogen) atoms.